The molecular weight excluding hydrogens is 318 g/mol. The predicted molar refractivity (Wildman–Crippen MR) is 95.5 cm³/mol. The predicted octanol–water partition coefficient (Wildman–Crippen LogP) is 1.67. The van der Waals surface area contributed by atoms with Crippen LogP contribution in [0.15, 0.2) is 24.4 Å². The first-order valence-corrected chi connectivity index (χ1v) is 9.14. The van der Waals surface area contributed by atoms with Crippen molar-refractivity contribution in [3.63, 3.8) is 0 Å². The zero-order chi connectivity index (χ0) is 17.7. The number of rotatable bonds is 6. The molecule has 0 unspecified atom stereocenters. The number of hydrogen-bond acceptors (Lipinski definition) is 5. The molecule has 1 amide bonds. The van der Waals surface area contributed by atoms with Crippen molar-refractivity contribution in [1.29, 1.82) is 0 Å². The van der Waals surface area contributed by atoms with Crippen molar-refractivity contribution in [2.24, 2.45) is 5.92 Å². The molecule has 138 valence electrons. The summed E-state index contributed by atoms with van der Waals surface area (Å²) in [6.45, 7) is 4.95. The van der Waals surface area contributed by atoms with Gasteiger partial charge in [-0.3, -0.25) is 9.78 Å². The quantitative estimate of drug-likeness (QED) is 0.784. The lowest BCUT2D eigenvalue weighted by atomic mass is 9.86. The SMILES string of the molecule is COCCN(C)C[C@@H]1CO[C@]2(CCCN(C(=O)c3ccccn3)C2)C1. The van der Waals surface area contributed by atoms with E-state index in [-0.39, 0.29) is 11.5 Å². The number of piperidine rings is 1. The highest BCUT2D eigenvalue weighted by Gasteiger charge is 2.44. The van der Waals surface area contributed by atoms with Crippen LogP contribution in [0.2, 0.25) is 0 Å². The summed E-state index contributed by atoms with van der Waals surface area (Å²) in [5, 5.41) is 0. The molecule has 6 heteroatoms. The lowest BCUT2D eigenvalue weighted by molar-refractivity contribution is -0.0451. The molecule has 25 heavy (non-hydrogen) atoms. The summed E-state index contributed by atoms with van der Waals surface area (Å²) in [7, 11) is 3.86. The van der Waals surface area contributed by atoms with E-state index in [4.69, 9.17) is 9.47 Å². The molecular formula is C19H29N3O3. The lowest BCUT2D eigenvalue weighted by Crippen LogP contribution is -2.50. The van der Waals surface area contributed by atoms with Gasteiger partial charge in [-0.2, -0.15) is 0 Å². The Morgan fingerprint density at radius 1 is 1.52 bits per heavy atom. The first-order chi connectivity index (χ1) is 12.1. The fourth-order valence-electron chi connectivity index (χ4n) is 4.04. The number of likely N-dealkylation sites (tertiary alicyclic amines) is 1. The van der Waals surface area contributed by atoms with E-state index >= 15 is 0 Å². The Hall–Kier alpha value is -1.50. The largest absolute Gasteiger partial charge is 0.383 e. The number of methoxy groups -OCH3 is 1. The van der Waals surface area contributed by atoms with Crippen LogP contribution in [0, 0.1) is 5.92 Å². The van der Waals surface area contributed by atoms with Gasteiger partial charge >= 0.3 is 0 Å². The summed E-state index contributed by atoms with van der Waals surface area (Å²) in [5.41, 5.74) is 0.350. The van der Waals surface area contributed by atoms with Gasteiger partial charge in [-0.1, -0.05) is 6.07 Å². The Bertz CT molecular complexity index is 568. The zero-order valence-electron chi connectivity index (χ0n) is 15.3. The van der Waals surface area contributed by atoms with E-state index in [1.165, 1.54) is 0 Å². The van der Waals surface area contributed by atoms with E-state index in [1.54, 1.807) is 19.4 Å². The van der Waals surface area contributed by atoms with Gasteiger partial charge in [0, 0.05) is 32.9 Å². The number of pyridine rings is 1. The van der Waals surface area contributed by atoms with Crippen LogP contribution in [0.25, 0.3) is 0 Å². The Balaban J connectivity index is 1.57. The molecule has 2 aliphatic rings. The molecule has 0 saturated carbocycles. The molecule has 0 aliphatic carbocycles. The molecule has 2 saturated heterocycles. The second kappa shape index (κ2) is 8.25. The van der Waals surface area contributed by atoms with Crippen LogP contribution < -0.4 is 0 Å². The Morgan fingerprint density at radius 3 is 3.16 bits per heavy atom. The Labute approximate surface area is 150 Å². The highest BCUT2D eigenvalue weighted by Crippen LogP contribution is 2.38. The van der Waals surface area contributed by atoms with Crippen molar-refractivity contribution < 1.29 is 14.3 Å². The van der Waals surface area contributed by atoms with Crippen LogP contribution in [0.1, 0.15) is 29.8 Å². The topological polar surface area (TPSA) is 54.9 Å². The minimum atomic E-state index is -0.171. The van der Waals surface area contributed by atoms with Gasteiger partial charge in [0.15, 0.2) is 0 Å². The van der Waals surface area contributed by atoms with Crippen molar-refractivity contribution in [2.45, 2.75) is 24.9 Å². The van der Waals surface area contributed by atoms with Crippen molar-refractivity contribution in [1.82, 2.24) is 14.8 Å². The minimum Gasteiger partial charge on any atom is -0.383 e. The van der Waals surface area contributed by atoms with Crippen LogP contribution in [-0.4, -0.2) is 79.8 Å². The fourth-order valence-corrected chi connectivity index (χ4v) is 4.04. The molecule has 3 heterocycles. The highest BCUT2D eigenvalue weighted by molar-refractivity contribution is 5.92. The van der Waals surface area contributed by atoms with E-state index in [1.807, 2.05) is 17.0 Å². The molecule has 2 atom stereocenters. The molecule has 1 aromatic rings. The molecule has 0 aromatic carbocycles. The smallest absolute Gasteiger partial charge is 0.272 e. The monoisotopic (exact) mass is 347 g/mol. The molecule has 0 bridgehead atoms. The molecule has 2 aliphatic heterocycles. The summed E-state index contributed by atoms with van der Waals surface area (Å²) >= 11 is 0. The summed E-state index contributed by atoms with van der Waals surface area (Å²) in [6, 6.07) is 5.48. The average Bonchev–Trinajstić information content (AvgIpc) is 3.01. The van der Waals surface area contributed by atoms with E-state index in [0.717, 1.165) is 52.1 Å². The molecule has 0 N–H and O–H groups in total. The first kappa shape index (κ1) is 18.3. The van der Waals surface area contributed by atoms with Gasteiger partial charge in [0.05, 0.1) is 25.4 Å². The van der Waals surface area contributed by atoms with E-state index in [2.05, 4.69) is 16.9 Å². The first-order valence-electron chi connectivity index (χ1n) is 9.14. The number of hydrogen-bond donors (Lipinski definition) is 0. The third-order valence-electron chi connectivity index (χ3n) is 5.24. The van der Waals surface area contributed by atoms with Crippen LogP contribution in [0.5, 0.6) is 0 Å². The molecule has 6 nitrogen and oxygen atoms in total. The minimum absolute atomic E-state index is 0.0175. The number of aromatic nitrogens is 1. The van der Waals surface area contributed by atoms with Gasteiger partial charge in [0.25, 0.3) is 5.91 Å². The third kappa shape index (κ3) is 4.57. The van der Waals surface area contributed by atoms with Crippen LogP contribution in [-0.2, 0) is 9.47 Å². The number of amides is 1. The molecule has 1 aromatic heterocycles. The summed E-state index contributed by atoms with van der Waals surface area (Å²) < 4.78 is 11.4. The Kier molecular flexibility index (Phi) is 6.04. The molecule has 3 rings (SSSR count). The van der Waals surface area contributed by atoms with Gasteiger partial charge in [-0.25, -0.2) is 0 Å². The normalized spacial score (nSPS) is 26.5. The fraction of sp³-hybridized carbons (Fsp3) is 0.684. The second-order valence-corrected chi connectivity index (χ2v) is 7.36. The summed E-state index contributed by atoms with van der Waals surface area (Å²) in [4.78, 5) is 21.1. The Morgan fingerprint density at radius 2 is 2.40 bits per heavy atom. The molecule has 1 spiro atoms. The van der Waals surface area contributed by atoms with Crippen molar-refractivity contribution >= 4 is 5.91 Å². The second-order valence-electron chi connectivity index (χ2n) is 7.36. The van der Waals surface area contributed by atoms with Crippen LogP contribution >= 0.6 is 0 Å². The van der Waals surface area contributed by atoms with Gasteiger partial charge in [-0.15, -0.1) is 0 Å². The molecule has 2 fully saturated rings. The third-order valence-corrected chi connectivity index (χ3v) is 5.24. The van der Waals surface area contributed by atoms with Gasteiger partial charge in [-0.05, 0) is 44.4 Å². The number of likely N-dealkylation sites (N-methyl/N-ethyl adjacent to an activating group) is 1. The van der Waals surface area contributed by atoms with Crippen LogP contribution in [0.3, 0.4) is 0 Å². The van der Waals surface area contributed by atoms with E-state index in [9.17, 15) is 4.79 Å². The summed E-state index contributed by atoms with van der Waals surface area (Å²) in [6.07, 6.45) is 4.73. The number of nitrogens with zero attached hydrogens (tertiary/aromatic N) is 3. The average molecular weight is 347 g/mol. The standard InChI is InChI=1S/C19H29N3O3/c1-21(10-11-24-2)13-16-12-19(25-14-16)7-5-9-22(15-19)18(23)17-6-3-4-8-20-17/h3-4,6,8,16H,5,7,9-15H2,1-2H3/t16-,19-/m1/s1. The van der Waals surface area contributed by atoms with Gasteiger partial charge in [0.2, 0.25) is 0 Å². The van der Waals surface area contributed by atoms with Gasteiger partial charge in [0.1, 0.15) is 5.69 Å². The van der Waals surface area contributed by atoms with Crippen molar-refractivity contribution in [3.05, 3.63) is 30.1 Å². The lowest BCUT2D eigenvalue weighted by Gasteiger charge is -2.39. The van der Waals surface area contributed by atoms with Crippen molar-refractivity contribution in [2.75, 3.05) is 53.6 Å². The maximum Gasteiger partial charge on any atom is 0.272 e. The zero-order valence-corrected chi connectivity index (χ0v) is 15.3. The maximum absolute atomic E-state index is 12.7. The van der Waals surface area contributed by atoms with E-state index in [0.29, 0.717) is 18.2 Å². The van der Waals surface area contributed by atoms with E-state index < -0.39 is 0 Å². The maximum atomic E-state index is 12.7. The number of carbonyl (C=O) groups is 1. The molecule has 0 radical (unpaired) electrons. The van der Waals surface area contributed by atoms with Crippen LogP contribution in [0.4, 0.5) is 0 Å². The van der Waals surface area contributed by atoms with Gasteiger partial charge < -0.3 is 19.3 Å². The highest BCUT2D eigenvalue weighted by atomic mass is 16.5. The number of ether oxygens (including phenoxy) is 2. The van der Waals surface area contributed by atoms with Crippen molar-refractivity contribution in [3.8, 4) is 0 Å². The number of carbonyl (C=O) groups excluding carboxylic acids is 1. The summed E-state index contributed by atoms with van der Waals surface area (Å²) in [5.74, 6) is 0.538.